The first-order valence-corrected chi connectivity index (χ1v) is 9.73. The minimum Gasteiger partial charge on any atom is -0.364 e. The molecular weight excluding hydrogens is 316 g/mol. The van der Waals surface area contributed by atoms with E-state index in [1.54, 1.807) is 0 Å². The molecular formula is C24H32N2. The molecule has 0 aliphatic carbocycles. The average molecular weight is 349 g/mol. The molecule has 0 aromatic heterocycles. The Morgan fingerprint density at radius 1 is 1.12 bits per heavy atom. The van der Waals surface area contributed by atoms with Crippen molar-refractivity contribution in [2.75, 3.05) is 4.90 Å². The first kappa shape index (κ1) is 18.7. The van der Waals surface area contributed by atoms with Crippen LogP contribution in [0.15, 0.2) is 41.4 Å². The number of fused-ring (bicyclic) bond motifs is 1. The molecule has 2 nitrogen and oxygen atoms in total. The maximum Gasteiger partial charge on any atom is 0.0630 e. The van der Waals surface area contributed by atoms with E-state index in [1.165, 1.54) is 34.4 Å². The van der Waals surface area contributed by atoms with Crippen molar-refractivity contribution < 1.29 is 0 Å². The molecule has 0 bridgehead atoms. The predicted octanol–water partition coefficient (Wildman–Crippen LogP) is 6.55. The molecule has 0 unspecified atom stereocenters. The van der Waals surface area contributed by atoms with E-state index in [1.807, 2.05) is 6.21 Å². The molecule has 0 saturated heterocycles. The molecule has 0 spiro atoms. The number of nitrogens with zero attached hydrogens (tertiary/aromatic N) is 2. The van der Waals surface area contributed by atoms with Crippen LogP contribution in [0.3, 0.4) is 0 Å². The van der Waals surface area contributed by atoms with Gasteiger partial charge in [0.1, 0.15) is 0 Å². The summed E-state index contributed by atoms with van der Waals surface area (Å²) < 4.78 is 0. The number of aliphatic imine (C=N–C) groups is 1. The zero-order valence-electron chi connectivity index (χ0n) is 17.3. The van der Waals surface area contributed by atoms with Crippen LogP contribution in [0.5, 0.6) is 0 Å². The minimum absolute atomic E-state index is 0.185. The maximum absolute atomic E-state index is 4.70. The van der Waals surface area contributed by atoms with E-state index in [0.29, 0.717) is 12.0 Å². The zero-order valence-corrected chi connectivity index (χ0v) is 17.3. The normalized spacial score (nSPS) is 19.2. The SMILES string of the molecule is Cc1ccc(N=Cc2cc3c(cc2C)N(C(C)C)C(C)(C)C[C@H]3C)cc1. The van der Waals surface area contributed by atoms with Crippen LogP contribution in [0.25, 0.3) is 0 Å². The first-order valence-electron chi connectivity index (χ1n) is 9.73. The lowest BCUT2D eigenvalue weighted by Gasteiger charge is -2.50. The molecule has 1 heterocycles. The van der Waals surface area contributed by atoms with Gasteiger partial charge in [-0.25, -0.2) is 0 Å². The van der Waals surface area contributed by atoms with Crippen LogP contribution in [-0.2, 0) is 0 Å². The summed E-state index contributed by atoms with van der Waals surface area (Å²) in [6.07, 6.45) is 3.20. The van der Waals surface area contributed by atoms with E-state index >= 15 is 0 Å². The van der Waals surface area contributed by atoms with Crippen molar-refractivity contribution in [3.8, 4) is 0 Å². The van der Waals surface area contributed by atoms with Gasteiger partial charge in [0, 0.05) is 23.5 Å². The van der Waals surface area contributed by atoms with Crippen LogP contribution in [0.2, 0.25) is 0 Å². The van der Waals surface area contributed by atoms with E-state index in [-0.39, 0.29) is 5.54 Å². The highest BCUT2D eigenvalue weighted by Gasteiger charge is 2.37. The van der Waals surface area contributed by atoms with Gasteiger partial charge in [0.05, 0.1) is 5.69 Å². The van der Waals surface area contributed by atoms with Gasteiger partial charge in [-0.1, -0.05) is 24.6 Å². The van der Waals surface area contributed by atoms with Crippen molar-refractivity contribution >= 4 is 17.6 Å². The third kappa shape index (κ3) is 3.56. The summed E-state index contributed by atoms with van der Waals surface area (Å²) >= 11 is 0. The Balaban J connectivity index is 2.01. The third-order valence-electron chi connectivity index (χ3n) is 5.57. The second-order valence-corrected chi connectivity index (χ2v) is 8.74. The van der Waals surface area contributed by atoms with Gasteiger partial charge in [0.2, 0.25) is 0 Å². The van der Waals surface area contributed by atoms with Crippen molar-refractivity contribution in [3.63, 3.8) is 0 Å². The number of hydrogen-bond acceptors (Lipinski definition) is 2. The largest absolute Gasteiger partial charge is 0.364 e. The fraction of sp³-hybridized carbons (Fsp3) is 0.458. The zero-order chi connectivity index (χ0) is 19.1. The molecule has 1 aliphatic heterocycles. The Morgan fingerprint density at radius 2 is 1.77 bits per heavy atom. The molecule has 0 radical (unpaired) electrons. The summed E-state index contributed by atoms with van der Waals surface area (Å²) in [4.78, 5) is 7.29. The highest BCUT2D eigenvalue weighted by molar-refractivity contribution is 5.86. The number of anilines is 1. The van der Waals surface area contributed by atoms with Crippen molar-refractivity contribution in [3.05, 3.63) is 58.7 Å². The molecule has 0 saturated carbocycles. The van der Waals surface area contributed by atoms with Gasteiger partial charge in [-0.2, -0.15) is 0 Å². The van der Waals surface area contributed by atoms with Crippen LogP contribution < -0.4 is 4.90 Å². The van der Waals surface area contributed by atoms with Gasteiger partial charge in [0.15, 0.2) is 0 Å². The van der Waals surface area contributed by atoms with Gasteiger partial charge in [0.25, 0.3) is 0 Å². The standard InChI is InChI=1S/C24H32N2/c1-16(2)26-23-12-18(4)20(13-22(23)19(5)14-24(26,6)7)15-25-21-10-8-17(3)9-11-21/h8-13,15-16,19H,14H2,1-7H3/t19-/m1/s1. The average Bonchev–Trinajstić information content (AvgIpc) is 2.53. The second kappa shape index (κ2) is 6.90. The molecule has 2 aromatic rings. The lowest BCUT2D eigenvalue weighted by atomic mass is 9.78. The van der Waals surface area contributed by atoms with Crippen LogP contribution >= 0.6 is 0 Å². The molecule has 138 valence electrons. The van der Waals surface area contributed by atoms with Crippen molar-refractivity contribution in [2.45, 2.75) is 72.4 Å². The van der Waals surface area contributed by atoms with E-state index in [4.69, 9.17) is 4.99 Å². The Labute approximate surface area is 159 Å². The molecule has 3 rings (SSSR count). The lowest BCUT2D eigenvalue weighted by molar-refractivity contribution is 0.356. The number of rotatable bonds is 3. The minimum atomic E-state index is 0.185. The van der Waals surface area contributed by atoms with Crippen LogP contribution in [0, 0.1) is 13.8 Å². The van der Waals surface area contributed by atoms with E-state index in [0.717, 1.165) is 5.69 Å². The summed E-state index contributed by atoms with van der Waals surface area (Å²) in [7, 11) is 0. The molecule has 26 heavy (non-hydrogen) atoms. The van der Waals surface area contributed by atoms with Gasteiger partial charge < -0.3 is 4.90 Å². The van der Waals surface area contributed by atoms with E-state index in [9.17, 15) is 0 Å². The third-order valence-corrected chi connectivity index (χ3v) is 5.57. The van der Waals surface area contributed by atoms with E-state index < -0.39 is 0 Å². The molecule has 2 heteroatoms. The summed E-state index contributed by atoms with van der Waals surface area (Å²) in [5.41, 5.74) is 7.81. The fourth-order valence-electron chi connectivity index (χ4n) is 4.51. The molecule has 0 fully saturated rings. The highest BCUT2D eigenvalue weighted by atomic mass is 15.2. The molecule has 0 amide bonds. The molecule has 2 aromatic carbocycles. The maximum atomic E-state index is 4.70. The summed E-state index contributed by atoms with van der Waals surface area (Å²) in [6.45, 7) is 16.0. The number of aryl methyl sites for hydroxylation is 2. The van der Waals surface area contributed by atoms with Crippen molar-refractivity contribution in [1.29, 1.82) is 0 Å². The van der Waals surface area contributed by atoms with Crippen LogP contribution in [0.4, 0.5) is 11.4 Å². The predicted molar refractivity (Wildman–Crippen MR) is 114 cm³/mol. The Kier molecular flexibility index (Phi) is 4.96. The topological polar surface area (TPSA) is 15.6 Å². The van der Waals surface area contributed by atoms with E-state index in [2.05, 4.69) is 89.8 Å². The summed E-state index contributed by atoms with van der Waals surface area (Å²) in [5, 5.41) is 0. The van der Waals surface area contributed by atoms with Crippen LogP contribution in [0.1, 0.15) is 69.2 Å². The van der Waals surface area contributed by atoms with Crippen molar-refractivity contribution in [1.82, 2.24) is 0 Å². The van der Waals surface area contributed by atoms with Crippen LogP contribution in [-0.4, -0.2) is 17.8 Å². The molecule has 1 atom stereocenters. The first-order chi connectivity index (χ1) is 12.2. The number of benzene rings is 2. The molecule has 0 N–H and O–H groups in total. The smallest absolute Gasteiger partial charge is 0.0630 e. The Morgan fingerprint density at radius 3 is 2.38 bits per heavy atom. The summed E-state index contributed by atoms with van der Waals surface area (Å²) in [6, 6.07) is 13.6. The Bertz CT molecular complexity index is 813. The summed E-state index contributed by atoms with van der Waals surface area (Å²) in [5.74, 6) is 0.558. The fourth-order valence-corrected chi connectivity index (χ4v) is 4.51. The Hall–Kier alpha value is -2.09. The van der Waals surface area contributed by atoms with Gasteiger partial charge >= 0.3 is 0 Å². The number of hydrogen-bond donors (Lipinski definition) is 0. The van der Waals surface area contributed by atoms with Crippen molar-refractivity contribution in [2.24, 2.45) is 4.99 Å². The second-order valence-electron chi connectivity index (χ2n) is 8.74. The molecule has 1 aliphatic rings. The monoisotopic (exact) mass is 348 g/mol. The van der Waals surface area contributed by atoms with Gasteiger partial charge in [-0.15, -0.1) is 0 Å². The quantitative estimate of drug-likeness (QED) is 0.574. The van der Waals surface area contributed by atoms with Gasteiger partial charge in [-0.3, -0.25) is 4.99 Å². The lowest BCUT2D eigenvalue weighted by Crippen LogP contribution is -2.51. The van der Waals surface area contributed by atoms with Gasteiger partial charge in [-0.05, 0) is 94.8 Å². The highest BCUT2D eigenvalue weighted by Crippen LogP contribution is 2.45.